The monoisotopic (exact) mass is 381 g/mol. The van der Waals surface area contributed by atoms with Gasteiger partial charge in [0.15, 0.2) is 0 Å². The minimum atomic E-state index is -0.526. The second-order valence-corrected chi connectivity index (χ2v) is 6.41. The number of rotatable bonds is 5. The third-order valence-electron chi connectivity index (χ3n) is 3.64. The van der Waals surface area contributed by atoms with Gasteiger partial charge in [0.25, 0.3) is 0 Å². The molecular formula is C15H13Cl2N5O3. The average molecular weight is 382 g/mol. The summed E-state index contributed by atoms with van der Waals surface area (Å²) >= 11 is 12.0. The van der Waals surface area contributed by atoms with Gasteiger partial charge in [-0.1, -0.05) is 35.3 Å². The molecule has 0 radical (unpaired) electrons. The Hall–Kier alpha value is -2.45. The van der Waals surface area contributed by atoms with Crippen molar-refractivity contribution in [1.82, 2.24) is 19.9 Å². The number of aromatic nitrogens is 4. The van der Waals surface area contributed by atoms with Crippen LogP contribution in [0.1, 0.15) is 24.4 Å². The lowest BCUT2D eigenvalue weighted by atomic mass is 10.1. The Bertz CT molecular complexity index is 937. The highest BCUT2D eigenvalue weighted by atomic mass is 35.5. The number of nitro groups is 1. The summed E-state index contributed by atoms with van der Waals surface area (Å²) in [4.78, 5) is 14.6. The van der Waals surface area contributed by atoms with Gasteiger partial charge in [-0.15, -0.1) is 0 Å². The van der Waals surface area contributed by atoms with Crippen molar-refractivity contribution < 1.29 is 9.45 Å². The third kappa shape index (κ3) is 3.64. The highest BCUT2D eigenvalue weighted by Gasteiger charge is 2.22. The van der Waals surface area contributed by atoms with Gasteiger partial charge in [-0.25, -0.2) is 0 Å². The van der Waals surface area contributed by atoms with E-state index < -0.39 is 4.92 Å². The number of hydrogen-bond acceptors (Lipinski definition) is 6. The summed E-state index contributed by atoms with van der Waals surface area (Å²) in [6.07, 6.45) is 0. The number of halogens is 2. The van der Waals surface area contributed by atoms with Crippen molar-refractivity contribution in [3.05, 3.63) is 56.0 Å². The molecule has 0 aliphatic carbocycles. The fourth-order valence-electron chi connectivity index (χ4n) is 2.32. The van der Waals surface area contributed by atoms with Gasteiger partial charge in [-0.05, 0) is 30.0 Å². The van der Waals surface area contributed by atoms with Crippen LogP contribution in [0.4, 0.5) is 5.82 Å². The van der Waals surface area contributed by atoms with Crippen LogP contribution in [0.2, 0.25) is 10.0 Å². The summed E-state index contributed by atoms with van der Waals surface area (Å²) in [7, 11) is 0. The number of benzene rings is 1. The smallest absolute Gasteiger partial charge is 0.358 e. The van der Waals surface area contributed by atoms with E-state index in [9.17, 15) is 10.1 Å². The zero-order chi connectivity index (χ0) is 18.1. The summed E-state index contributed by atoms with van der Waals surface area (Å²) in [5, 5.41) is 19.6. The lowest BCUT2D eigenvalue weighted by Crippen LogP contribution is -2.10. The van der Waals surface area contributed by atoms with Crippen LogP contribution in [0, 0.1) is 17.0 Å². The lowest BCUT2D eigenvalue weighted by molar-refractivity contribution is -0.389. The molecule has 0 fully saturated rings. The molecule has 0 saturated carbocycles. The SMILES string of the molecule is Cc1cc([N+](=O)[O-])nn1CC(C)c1nc(-c2ccc(Cl)cc2Cl)no1. The van der Waals surface area contributed by atoms with E-state index in [-0.39, 0.29) is 11.7 Å². The van der Waals surface area contributed by atoms with Crippen LogP contribution in [-0.4, -0.2) is 24.8 Å². The van der Waals surface area contributed by atoms with E-state index in [0.717, 1.165) is 0 Å². The maximum Gasteiger partial charge on any atom is 0.390 e. The summed E-state index contributed by atoms with van der Waals surface area (Å²) < 4.78 is 6.85. The molecule has 2 aromatic heterocycles. The molecule has 3 rings (SSSR count). The Balaban J connectivity index is 1.81. The molecule has 1 atom stereocenters. The first-order valence-electron chi connectivity index (χ1n) is 7.33. The second kappa shape index (κ2) is 6.81. The van der Waals surface area contributed by atoms with Gasteiger partial charge in [-0.3, -0.25) is 0 Å². The Kier molecular flexibility index (Phi) is 4.73. The van der Waals surface area contributed by atoms with Crippen LogP contribution in [0.25, 0.3) is 11.4 Å². The largest absolute Gasteiger partial charge is 0.390 e. The fourth-order valence-corrected chi connectivity index (χ4v) is 2.81. The van der Waals surface area contributed by atoms with E-state index in [0.29, 0.717) is 39.6 Å². The highest BCUT2D eigenvalue weighted by Crippen LogP contribution is 2.29. The third-order valence-corrected chi connectivity index (χ3v) is 4.19. The minimum absolute atomic E-state index is 0.189. The van der Waals surface area contributed by atoms with E-state index in [1.807, 2.05) is 6.92 Å². The summed E-state index contributed by atoms with van der Waals surface area (Å²) in [6, 6.07) is 6.42. The van der Waals surface area contributed by atoms with E-state index >= 15 is 0 Å². The van der Waals surface area contributed by atoms with Gasteiger partial charge in [0.1, 0.15) is 0 Å². The van der Waals surface area contributed by atoms with Crippen molar-refractivity contribution in [2.75, 3.05) is 0 Å². The first-order valence-corrected chi connectivity index (χ1v) is 8.08. The molecular weight excluding hydrogens is 369 g/mol. The van der Waals surface area contributed by atoms with E-state index in [2.05, 4.69) is 15.2 Å². The van der Waals surface area contributed by atoms with E-state index in [1.54, 1.807) is 29.8 Å². The van der Waals surface area contributed by atoms with Gasteiger partial charge in [0.05, 0.1) is 34.3 Å². The van der Waals surface area contributed by atoms with Gasteiger partial charge >= 0.3 is 5.82 Å². The molecule has 1 unspecified atom stereocenters. The minimum Gasteiger partial charge on any atom is -0.358 e. The Morgan fingerprint density at radius 2 is 2.12 bits per heavy atom. The van der Waals surface area contributed by atoms with Crippen molar-refractivity contribution in [1.29, 1.82) is 0 Å². The van der Waals surface area contributed by atoms with Gasteiger partial charge in [-0.2, -0.15) is 9.67 Å². The van der Waals surface area contributed by atoms with Crippen molar-refractivity contribution >= 4 is 29.0 Å². The first kappa shape index (κ1) is 17.4. The molecule has 0 bridgehead atoms. The fraction of sp³-hybridized carbons (Fsp3) is 0.267. The van der Waals surface area contributed by atoms with Crippen LogP contribution >= 0.6 is 23.2 Å². The Morgan fingerprint density at radius 3 is 2.76 bits per heavy atom. The molecule has 0 aliphatic rings. The Labute approximate surface area is 152 Å². The first-order chi connectivity index (χ1) is 11.8. The molecule has 25 heavy (non-hydrogen) atoms. The zero-order valence-electron chi connectivity index (χ0n) is 13.3. The quantitative estimate of drug-likeness (QED) is 0.483. The van der Waals surface area contributed by atoms with Crippen LogP contribution in [0.5, 0.6) is 0 Å². The van der Waals surface area contributed by atoms with Crippen molar-refractivity contribution in [3.63, 3.8) is 0 Å². The second-order valence-electron chi connectivity index (χ2n) is 5.56. The van der Waals surface area contributed by atoms with Crippen molar-refractivity contribution in [2.45, 2.75) is 26.3 Å². The predicted octanol–water partition coefficient (Wildman–Crippen LogP) is 4.26. The molecule has 8 nitrogen and oxygen atoms in total. The molecule has 0 saturated heterocycles. The van der Waals surface area contributed by atoms with Crippen LogP contribution in [-0.2, 0) is 6.54 Å². The normalized spacial score (nSPS) is 12.3. The molecule has 0 N–H and O–H groups in total. The molecule has 3 aromatic rings. The lowest BCUT2D eigenvalue weighted by Gasteiger charge is -2.04. The average Bonchev–Trinajstić information content (AvgIpc) is 3.15. The standard InChI is InChI=1S/C15H13Cl2N5O3/c1-8(7-21-9(2)5-13(19-21)22(23)24)15-18-14(20-25-15)11-4-3-10(16)6-12(11)17/h3-6,8H,7H2,1-2H3. The maximum absolute atomic E-state index is 10.8. The predicted molar refractivity (Wildman–Crippen MR) is 91.8 cm³/mol. The zero-order valence-corrected chi connectivity index (χ0v) is 14.8. The van der Waals surface area contributed by atoms with Crippen LogP contribution in [0.15, 0.2) is 28.8 Å². The van der Waals surface area contributed by atoms with Crippen LogP contribution in [0.3, 0.4) is 0 Å². The summed E-state index contributed by atoms with van der Waals surface area (Å²) in [5.41, 5.74) is 1.29. The molecule has 130 valence electrons. The van der Waals surface area contributed by atoms with Gasteiger partial charge in [0.2, 0.25) is 11.7 Å². The van der Waals surface area contributed by atoms with Crippen molar-refractivity contribution in [3.8, 4) is 11.4 Å². The number of hydrogen-bond donors (Lipinski definition) is 0. The number of aryl methyl sites for hydroxylation is 1. The molecule has 0 amide bonds. The maximum atomic E-state index is 10.8. The number of nitrogens with zero attached hydrogens (tertiary/aromatic N) is 5. The van der Waals surface area contributed by atoms with Crippen LogP contribution < -0.4 is 0 Å². The highest BCUT2D eigenvalue weighted by molar-refractivity contribution is 6.36. The molecule has 0 spiro atoms. The van der Waals surface area contributed by atoms with E-state index in [1.165, 1.54) is 6.07 Å². The topological polar surface area (TPSA) is 99.9 Å². The van der Waals surface area contributed by atoms with E-state index in [4.69, 9.17) is 27.7 Å². The molecule has 0 aliphatic heterocycles. The molecule has 1 aromatic carbocycles. The van der Waals surface area contributed by atoms with Crippen molar-refractivity contribution in [2.24, 2.45) is 0 Å². The summed E-state index contributed by atoms with van der Waals surface area (Å²) in [6.45, 7) is 3.99. The Morgan fingerprint density at radius 1 is 1.36 bits per heavy atom. The molecule has 2 heterocycles. The summed E-state index contributed by atoms with van der Waals surface area (Å²) in [5.74, 6) is 0.361. The molecule has 10 heteroatoms. The van der Waals surface area contributed by atoms with Gasteiger partial charge < -0.3 is 14.6 Å². The van der Waals surface area contributed by atoms with Gasteiger partial charge in [0, 0.05) is 10.6 Å².